The van der Waals surface area contributed by atoms with Crippen molar-refractivity contribution in [2.75, 3.05) is 0 Å². The molecule has 158 valence electrons. The van der Waals surface area contributed by atoms with E-state index in [1.165, 1.54) is 6.07 Å². The van der Waals surface area contributed by atoms with E-state index in [2.05, 4.69) is 11.5 Å². The van der Waals surface area contributed by atoms with Crippen LogP contribution in [0.15, 0.2) is 78.7 Å². The van der Waals surface area contributed by atoms with Crippen molar-refractivity contribution in [2.45, 2.75) is 13.5 Å². The van der Waals surface area contributed by atoms with Gasteiger partial charge in [0.2, 0.25) is 5.78 Å². The maximum Gasteiger partial charge on any atom is 0.345 e. The predicted molar refractivity (Wildman–Crippen MR) is 123 cm³/mol. The van der Waals surface area contributed by atoms with Gasteiger partial charge in [0.25, 0.3) is 0 Å². The highest BCUT2D eigenvalue weighted by Gasteiger charge is 2.28. The summed E-state index contributed by atoms with van der Waals surface area (Å²) < 4.78 is 13.4. The topological polar surface area (TPSA) is 57.5 Å². The fourth-order valence-corrected chi connectivity index (χ4v) is 4.03. The minimum atomic E-state index is -0.581. The monoisotopic (exact) mass is 443 g/mol. The Hall–Kier alpha value is -3.83. The van der Waals surface area contributed by atoms with E-state index >= 15 is 0 Å². The molecule has 0 atom stereocenters. The first kappa shape index (κ1) is 20.1. The van der Waals surface area contributed by atoms with Gasteiger partial charge in [-0.1, -0.05) is 41.9 Å². The van der Waals surface area contributed by atoms with E-state index in [4.69, 9.17) is 21.1 Å². The third-order valence-corrected chi connectivity index (χ3v) is 5.72. The van der Waals surface area contributed by atoms with E-state index in [-0.39, 0.29) is 22.9 Å². The third kappa shape index (κ3) is 3.47. The summed E-state index contributed by atoms with van der Waals surface area (Å²) in [5.41, 5.74) is 2.69. The zero-order valence-corrected chi connectivity index (χ0v) is 17.9. The van der Waals surface area contributed by atoms with Crippen LogP contribution in [0.2, 0.25) is 5.02 Å². The van der Waals surface area contributed by atoms with Crippen molar-refractivity contribution in [3.63, 3.8) is 0 Å². The second-order valence-corrected chi connectivity index (χ2v) is 7.76. The summed E-state index contributed by atoms with van der Waals surface area (Å²) in [4.78, 5) is 25.3. The molecule has 0 bridgehead atoms. The maximum absolute atomic E-state index is 12.9. The van der Waals surface area contributed by atoms with Gasteiger partial charge in [0.15, 0.2) is 5.76 Å². The Labute approximate surface area is 189 Å². The summed E-state index contributed by atoms with van der Waals surface area (Å²) in [6.45, 7) is 2.89. The van der Waals surface area contributed by atoms with Gasteiger partial charge in [-0.25, -0.2) is 4.79 Å². The molecule has 1 aliphatic rings. The molecule has 0 unspecified atom stereocenters. The highest BCUT2D eigenvalue weighted by atomic mass is 35.5. The van der Waals surface area contributed by atoms with Crippen LogP contribution in [0.4, 0.5) is 0 Å². The van der Waals surface area contributed by atoms with Gasteiger partial charge in [-0.3, -0.25) is 4.79 Å². The third-order valence-electron chi connectivity index (χ3n) is 5.39. The number of benzene rings is 3. The molecule has 0 radical (unpaired) electrons. The van der Waals surface area contributed by atoms with Crippen molar-refractivity contribution in [3.05, 3.63) is 100 Å². The largest absolute Gasteiger partial charge is 0.452 e. The van der Waals surface area contributed by atoms with Gasteiger partial charge in [-0.05, 0) is 43.3 Å². The number of hydrogen-bond acceptors (Lipinski definition) is 4. The quantitative estimate of drug-likeness (QED) is 0.215. The van der Waals surface area contributed by atoms with Crippen molar-refractivity contribution in [1.82, 2.24) is 4.57 Å². The van der Waals surface area contributed by atoms with Gasteiger partial charge in [-0.2, -0.15) is 0 Å². The molecule has 0 saturated heterocycles. The maximum atomic E-state index is 12.9. The molecule has 2 heterocycles. The zero-order chi connectivity index (χ0) is 22.2. The standard InChI is InChI=1S/C26H18ClNO4/c1-2-28-15-16(18-7-4-6-10-22(18)28)13-24-25(29)20-12-11-17(14-23(20)32-24)31-26(30)19-8-3-5-9-21(19)27/h3-15H,2H2,1H3. The van der Waals surface area contributed by atoms with Gasteiger partial charge < -0.3 is 14.0 Å². The molecule has 0 spiro atoms. The van der Waals surface area contributed by atoms with Gasteiger partial charge in [0.1, 0.15) is 11.5 Å². The number of rotatable bonds is 4. The first-order chi connectivity index (χ1) is 15.5. The number of ketones is 1. The van der Waals surface area contributed by atoms with Crippen molar-refractivity contribution in [3.8, 4) is 11.5 Å². The number of ether oxygens (including phenoxy) is 2. The van der Waals surface area contributed by atoms with E-state index in [0.29, 0.717) is 16.3 Å². The van der Waals surface area contributed by atoms with E-state index in [1.807, 2.05) is 30.5 Å². The van der Waals surface area contributed by atoms with E-state index in [9.17, 15) is 9.59 Å². The Bertz CT molecular complexity index is 1420. The van der Waals surface area contributed by atoms with Crippen LogP contribution in [0, 0.1) is 0 Å². The van der Waals surface area contributed by atoms with Crippen LogP contribution in [0.25, 0.3) is 17.0 Å². The fraction of sp³-hybridized carbons (Fsp3) is 0.0769. The average molecular weight is 444 g/mol. The highest BCUT2D eigenvalue weighted by molar-refractivity contribution is 6.33. The molecule has 0 aliphatic carbocycles. The van der Waals surface area contributed by atoms with E-state index < -0.39 is 5.97 Å². The van der Waals surface area contributed by atoms with E-state index in [1.54, 1.807) is 42.5 Å². The number of carbonyl (C=O) groups is 2. The minimum Gasteiger partial charge on any atom is -0.452 e. The van der Waals surface area contributed by atoms with Gasteiger partial charge in [0.05, 0.1) is 16.1 Å². The highest BCUT2D eigenvalue weighted by Crippen LogP contribution is 2.36. The average Bonchev–Trinajstić information content (AvgIpc) is 3.31. The zero-order valence-electron chi connectivity index (χ0n) is 17.2. The van der Waals surface area contributed by atoms with Crippen molar-refractivity contribution < 1.29 is 19.1 Å². The summed E-state index contributed by atoms with van der Waals surface area (Å²) in [5.74, 6) is 0.0594. The number of carbonyl (C=O) groups excluding carboxylic acids is 2. The minimum absolute atomic E-state index is 0.211. The summed E-state index contributed by atoms with van der Waals surface area (Å²) in [6, 6.07) is 19.4. The van der Waals surface area contributed by atoms with Crippen LogP contribution in [-0.2, 0) is 6.54 Å². The second kappa shape index (κ2) is 8.02. The van der Waals surface area contributed by atoms with Crippen LogP contribution in [0.3, 0.4) is 0 Å². The molecule has 6 heteroatoms. The summed E-state index contributed by atoms with van der Waals surface area (Å²) in [5, 5.41) is 1.35. The number of aryl methyl sites for hydroxylation is 1. The van der Waals surface area contributed by atoms with Crippen LogP contribution in [0.5, 0.6) is 11.5 Å². The molecule has 1 aliphatic heterocycles. The van der Waals surface area contributed by atoms with Gasteiger partial charge >= 0.3 is 5.97 Å². The SMILES string of the molecule is CCn1cc(C=C2Oc3cc(OC(=O)c4ccccc4Cl)ccc3C2=O)c2ccccc21. The van der Waals surface area contributed by atoms with Crippen LogP contribution in [-0.4, -0.2) is 16.3 Å². The van der Waals surface area contributed by atoms with Crippen LogP contribution < -0.4 is 9.47 Å². The number of hydrogen-bond donors (Lipinski definition) is 0. The molecule has 4 aromatic rings. The van der Waals surface area contributed by atoms with Crippen LogP contribution >= 0.6 is 11.6 Å². The number of esters is 1. The lowest BCUT2D eigenvalue weighted by molar-refractivity contribution is 0.0734. The molecule has 5 rings (SSSR count). The number of allylic oxidation sites excluding steroid dienone is 1. The molecule has 0 amide bonds. The van der Waals surface area contributed by atoms with Crippen molar-refractivity contribution in [2.24, 2.45) is 0 Å². The Balaban J connectivity index is 1.43. The molecule has 1 aromatic heterocycles. The Morgan fingerprint density at radius 3 is 2.69 bits per heavy atom. The van der Waals surface area contributed by atoms with Gasteiger partial charge in [-0.15, -0.1) is 0 Å². The van der Waals surface area contributed by atoms with E-state index in [0.717, 1.165) is 23.0 Å². The molecule has 3 aromatic carbocycles. The number of Topliss-reactive ketones (excluding diaryl/α,β-unsaturated/α-hetero) is 1. The first-order valence-corrected chi connectivity index (χ1v) is 10.6. The Kier molecular flexibility index (Phi) is 5.04. The normalized spacial score (nSPS) is 13.9. The fourth-order valence-electron chi connectivity index (χ4n) is 3.81. The molecular weight excluding hydrogens is 426 g/mol. The van der Waals surface area contributed by atoms with Crippen LogP contribution in [0.1, 0.15) is 33.2 Å². The van der Waals surface area contributed by atoms with Crippen molar-refractivity contribution in [1.29, 1.82) is 0 Å². The number of para-hydroxylation sites is 1. The summed E-state index contributed by atoms with van der Waals surface area (Å²) in [6.07, 6.45) is 3.76. The molecule has 0 fully saturated rings. The lowest BCUT2D eigenvalue weighted by Crippen LogP contribution is -2.09. The first-order valence-electron chi connectivity index (χ1n) is 10.2. The smallest absolute Gasteiger partial charge is 0.345 e. The lowest BCUT2D eigenvalue weighted by atomic mass is 10.1. The Morgan fingerprint density at radius 1 is 1.09 bits per heavy atom. The summed E-state index contributed by atoms with van der Waals surface area (Å²) in [7, 11) is 0. The van der Waals surface area contributed by atoms with Crippen molar-refractivity contribution >= 4 is 40.3 Å². The lowest BCUT2D eigenvalue weighted by Gasteiger charge is -2.06. The number of nitrogens with zero attached hydrogens (tertiary/aromatic N) is 1. The number of fused-ring (bicyclic) bond motifs is 2. The molecule has 0 saturated carbocycles. The molecule has 32 heavy (non-hydrogen) atoms. The van der Waals surface area contributed by atoms with Gasteiger partial charge in [0, 0.05) is 35.3 Å². The molecular formula is C26H18ClNO4. The Morgan fingerprint density at radius 2 is 1.88 bits per heavy atom. The number of aromatic nitrogens is 1. The summed E-state index contributed by atoms with van der Waals surface area (Å²) >= 11 is 6.07. The second-order valence-electron chi connectivity index (χ2n) is 7.35. The predicted octanol–water partition coefficient (Wildman–Crippen LogP) is 6.15. The molecule has 5 nitrogen and oxygen atoms in total. The molecule has 0 N–H and O–H groups in total. The number of halogens is 1.